The van der Waals surface area contributed by atoms with Crippen molar-refractivity contribution in [1.29, 1.82) is 0 Å². The van der Waals surface area contributed by atoms with Crippen LogP contribution in [0.1, 0.15) is 35.7 Å². The summed E-state index contributed by atoms with van der Waals surface area (Å²) in [4.78, 5) is 34.4. The highest BCUT2D eigenvalue weighted by Gasteiger charge is 2.24. The number of carbonyl (C=O) groups excluding carboxylic acids is 2. The molecule has 156 valence electrons. The van der Waals surface area contributed by atoms with Crippen LogP contribution in [0.4, 0.5) is 10.0 Å². The van der Waals surface area contributed by atoms with Crippen LogP contribution in [0.25, 0.3) is 0 Å². The van der Waals surface area contributed by atoms with Crippen molar-refractivity contribution in [3.8, 4) is 0 Å². The Kier molecular flexibility index (Phi) is 7.85. The molecule has 1 amide bonds. The molecule has 2 aromatic rings. The predicted molar refractivity (Wildman–Crippen MR) is 109 cm³/mol. The van der Waals surface area contributed by atoms with Gasteiger partial charge in [0.25, 0.3) is 0 Å². The number of ether oxygens (including phenoxy) is 1. The van der Waals surface area contributed by atoms with Crippen molar-refractivity contribution in [2.24, 2.45) is 0 Å². The van der Waals surface area contributed by atoms with E-state index in [-0.39, 0.29) is 46.5 Å². The normalized spacial score (nSPS) is 11.1. The largest absolute Gasteiger partial charge is 0.462 e. The molecule has 0 fully saturated rings. The Morgan fingerprint density at radius 2 is 1.93 bits per heavy atom. The van der Waals surface area contributed by atoms with E-state index in [9.17, 15) is 28.1 Å². The minimum atomic E-state index is -3.38. The molecule has 0 radical (unpaired) electrons. The number of nitro groups is 1. The maximum absolute atomic E-state index is 12.2. The third-order valence-corrected chi connectivity index (χ3v) is 6.42. The van der Waals surface area contributed by atoms with Crippen LogP contribution in [0.5, 0.6) is 0 Å². The van der Waals surface area contributed by atoms with Gasteiger partial charge in [-0.15, -0.1) is 0 Å². The Morgan fingerprint density at radius 1 is 1.24 bits per heavy atom. The molecule has 1 heterocycles. The van der Waals surface area contributed by atoms with Gasteiger partial charge >= 0.3 is 11.0 Å². The van der Waals surface area contributed by atoms with E-state index in [1.165, 1.54) is 0 Å². The first-order valence-corrected chi connectivity index (χ1v) is 11.3. The summed E-state index contributed by atoms with van der Waals surface area (Å²) >= 11 is 0.641. The first-order valence-electron chi connectivity index (χ1n) is 8.71. The Morgan fingerprint density at radius 3 is 2.55 bits per heavy atom. The summed E-state index contributed by atoms with van der Waals surface area (Å²) in [6, 6.07) is 9.76. The van der Waals surface area contributed by atoms with Crippen LogP contribution in [-0.2, 0) is 25.1 Å². The highest BCUT2D eigenvalue weighted by molar-refractivity contribution is 7.90. The lowest BCUT2D eigenvalue weighted by molar-refractivity contribution is -0.380. The molecule has 1 aromatic heterocycles. The first kappa shape index (κ1) is 22.5. The van der Waals surface area contributed by atoms with E-state index in [0.717, 1.165) is 6.07 Å². The zero-order valence-corrected chi connectivity index (χ0v) is 17.3. The Labute approximate surface area is 171 Å². The van der Waals surface area contributed by atoms with Gasteiger partial charge in [0.15, 0.2) is 9.84 Å². The molecular formula is C18H20N2O7S2. The summed E-state index contributed by atoms with van der Waals surface area (Å²) in [5.74, 6) is -1.61. The number of nitrogens with one attached hydrogen (secondary N) is 1. The highest BCUT2D eigenvalue weighted by Crippen LogP contribution is 2.34. The number of hydrogen-bond acceptors (Lipinski definition) is 8. The molecule has 29 heavy (non-hydrogen) atoms. The fraction of sp³-hybridized carbons (Fsp3) is 0.333. The average molecular weight is 440 g/mol. The third-order valence-electron chi connectivity index (χ3n) is 3.74. The standard InChI is InChI=1S/C18H20N2O7S2/c1-2-27-18(22)14-11-16(20(23)24)28-17(14)19-15(21)9-6-10-29(25,26)12-13-7-4-3-5-8-13/h3-5,7-8,11H,2,6,9-10,12H2,1H3,(H,19,21). The minimum Gasteiger partial charge on any atom is -0.462 e. The maximum Gasteiger partial charge on any atom is 0.341 e. The summed E-state index contributed by atoms with van der Waals surface area (Å²) in [6.45, 7) is 1.67. The van der Waals surface area contributed by atoms with Crippen molar-refractivity contribution in [1.82, 2.24) is 0 Å². The second kappa shape index (κ2) is 10.1. The van der Waals surface area contributed by atoms with Gasteiger partial charge in [0.1, 0.15) is 10.6 Å². The molecular weight excluding hydrogens is 420 g/mol. The van der Waals surface area contributed by atoms with Crippen molar-refractivity contribution in [2.45, 2.75) is 25.5 Å². The average Bonchev–Trinajstić information content (AvgIpc) is 3.06. The van der Waals surface area contributed by atoms with Crippen molar-refractivity contribution < 1.29 is 27.7 Å². The number of benzene rings is 1. The van der Waals surface area contributed by atoms with Gasteiger partial charge in [-0.1, -0.05) is 30.3 Å². The van der Waals surface area contributed by atoms with Crippen molar-refractivity contribution >= 4 is 43.1 Å². The molecule has 0 bridgehead atoms. The number of esters is 1. The van der Waals surface area contributed by atoms with Crippen LogP contribution in [0, 0.1) is 10.1 Å². The summed E-state index contributed by atoms with van der Waals surface area (Å²) in [5.41, 5.74) is 0.565. The fourth-order valence-corrected chi connectivity index (χ4v) is 4.77. The summed E-state index contributed by atoms with van der Waals surface area (Å²) < 4.78 is 29.2. The Bertz CT molecular complexity index is 985. The monoisotopic (exact) mass is 440 g/mol. The van der Waals surface area contributed by atoms with Crippen LogP contribution in [0.15, 0.2) is 36.4 Å². The van der Waals surface area contributed by atoms with Gasteiger partial charge in [-0.05, 0) is 30.2 Å². The van der Waals surface area contributed by atoms with E-state index in [4.69, 9.17) is 4.74 Å². The van der Waals surface area contributed by atoms with Crippen molar-refractivity contribution in [3.63, 3.8) is 0 Å². The van der Waals surface area contributed by atoms with Gasteiger partial charge in [0.05, 0.1) is 23.0 Å². The van der Waals surface area contributed by atoms with E-state index in [2.05, 4.69) is 5.32 Å². The molecule has 1 N–H and O–H groups in total. The molecule has 0 aliphatic rings. The fourth-order valence-electron chi connectivity index (χ4n) is 2.46. The predicted octanol–water partition coefficient (Wildman–Crippen LogP) is 3.17. The molecule has 2 rings (SSSR count). The second-order valence-corrected chi connectivity index (χ2v) is 9.25. The summed E-state index contributed by atoms with van der Waals surface area (Å²) in [6.07, 6.45) is -0.0226. The number of rotatable bonds is 10. The zero-order valence-electron chi connectivity index (χ0n) is 15.6. The van der Waals surface area contributed by atoms with Crippen LogP contribution < -0.4 is 5.32 Å². The smallest absolute Gasteiger partial charge is 0.341 e. The molecule has 11 heteroatoms. The van der Waals surface area contributed by atoms with E-state index < -0.39 is 26.6 Å². The van der Waals surface area contributed by atoms with E-state index >= 15 is 0 Å². The van der Waals surface area contributed by atoms with Gasteiger partial charge in [-0.25, -0.2) is 13.2 Å². The van der Waals surface area contributed by atoms with Gasteiger partial charge in [-0.2, -0.15) is 0 Å². The quantitative estimate of drug-likeness (QED) is 0.341. The van der Waals surface area contributed by atoms with Crippen LogP contribution in [0.2, 0.25) is 0 Å². The van der Waals surface area contributed by atoms with E-state index in [1.54, 1.807) is 37.3 Å². The summed E-state index contributed by atoms with van der Waals surface area (Å²) in [7, 11) is -3.38. The number of sulfone groups is 1. The number of anilines is 1. The second-order valence-electron chi connectivity index (χ2n) is 6.03. The van der Waals surface area contributed by atoms with Crippen LogP contribution in [0.3, 0.4) is 0 Å². The lowest BCUT2D eigenvalue weighted by Gasteiger charge is -2.07. The Hall–Kier alpha value is -2.79. The van der Waals surface area contributed by atoms with Gasteiger partial charge in [0.2, 0.25) is 5.91 Å². The molecule has 1 aromatic carbocycles. The molecule has 0 saturated carbocycles. The molecule has 0 saturated heterocycles. The topological polar surface area (TPSA) is 133 Å². The lowest BCUT2D eigenvalue weighted by Crippen LogP contribution is -2.16. The minimum absolute atomic E-state index is 0.00675. The first-order chi connectivity index (χ1) is 13.7. The molecule has 0 aliphatic carbocycles. The van der Waals surface area contributed by atoms with E-state index in [0.29, 0.717) is 16.9 Å². The third kappa shape index (κ3) is 6.95. The number of nitrogens with zero attached hydrogens (tertiary/aromatic N) is 1. The van der Waals surface area contributed by atoms with E-state index in [1.807, 2.05) is 0 Å². The lowest BCUT2D eigenvalue weighted by atomic mass is 10.2. The zero-order chi connectivity index (χ0) is 21.4. The highest BCUT2D eigenvalue weighted by atomic mass is 32.2. The number of carbonyl (C=O) groups is 2. The molecule has 0 aliphatic heterocycles. The van der Waals surface area contributed by atoms with Gasteiger partial charge < -0.3 is 10.1 Å². The van der Waals surface area contributed by atoms with Crippen LogP contribution in [-0.4, -0.2) is 37.6 Å². The van der Waals surface area contributed by atoms with Gasteiger partial charge in [0, 0.05) is 12.5 Å². The SMILES string of the molecule is CCOC(=O)c1cc([N+](=O)[O-])sc1NC(=O)CCCS(=O)(=O)Cc1ccccc1. The molecule has 0 atom stereocenters. The number of thiophene rings is 1. The Balaban J connectivity index is 1.95. The molecule has 9 nitrogen and oxygen atoms in total. The van der Waals surface area contributed by atoms with Crippen molar-refractivity contribution in [2.75, 3.05) is 17.7 Å². The number of amides is 1. The van der Waals surface area contributed by atoms with Crippen LogP contribution >= 0.6 is 11.3 Å². The molecule has 0 spiro atoms. The molecule has 0 unspecified atom stereocenters. The van der Waals surface area contributed by atoms with Crippen molar-refractivity contribution in [3.05, 3.63) is 57.6 Å². The maximum atomic E-state index is 12.2. The number of hydrogen-bond donors (Lipinski definition) is 1. The summed E-state index contributed by atoms with van der Waals surface area (Å²) in [5, 5.41) is 13.1. The van der Waals surface area contributed by atoms with Gasteiger partial charge in [-0.3, -0.25) is 14.9 Å².